The quantitative estimate of drug-likeness (QED) is 0.467. The molecule has 6 heteroatoms. The fourth-order valence-electron chi connectivity index (χ4n) is 1.68. The molecule has 0 aliphatic carbocycles. The van der Waals surface area contributed by atoms with Gasteiger partial charge in [-0.05, 0) is 51.1 Å². The van der Waals surface area contributed by atoms with Crippen LogP contribution in [0.5, 0.6) is 0 Å². The zero-order valence-electron chi connectivity index (χ0n) is 13.8. The van der Waals surface area contributed by atoms with Crippen LogP contribution in [0.2, 0.25) is 0 Å². The smallest absolute Gasteiger partial charge is 0.332 e. The maximum Gasteiger partial charge on any atom is 0.332 e. The number of esters is 1. The number of thioether (sulfide) groups is 1. The van der Waals surface area contributed by atoms with Crippen molar-refractivity contribution in [2.24, 2.45) is 0 Å². The highest BCUT2D eigenvalue weighted by Gasteiger charge is 2.33. The van der Waals surface area contributed by atoms with Crippen LogP contribution < -0.4 is 4.72 Å². The predicted octanol–water partition coefficient (Wildman–Crippen LogP) is 3.45. The minimum atomic E-state index is -1.36. The van der Waals surface area contributed by atoms with E-state index >= 15 is 0 Å². The number of benzene rings is 1. The lowest BCUT2D eigenvalue weighted by Gasteiger charge is -2.27. The van der Waals surface area contributed by atoms with Crippen LogP contribution in [0.15, 0.2) is 29.2 Å². The largest absolute Gasteiger partial charge is 0.598 e. The Balaban J connectivity index is 2.96. The lowest BCUT2D eigenvalue weighted by Crippen LogP contribution is -2.44. The second-order valence-corrected chi connectivity index (χ2v) is 9.02. The second-order valence-electron chi connectivity index (χ2n) is 5.69. The van der Waals surface area contributed by atoms with Gasteiger partial charge in [-0.1, -0.05) is 19.1 Å². The molecule has 0 radical (unpaired) electrons. The third-order valence-corrected chi connectivity index (χ3v) is 5.28. The molecule has 0 heterocycles. The molecule has 0 spiro atoms. The summed E-state index contributed by atoms with van der Waals surface area (Å²) in [6.07, 6.45) is 0. The molecule has 1 rings (SSSR count). The Morgan fingerprint density at radius 1 is 1.32 bits per heavy atom. The maximum atomic E-state index is 12.3. The van der Waals surface area contributed by atoms with Crippen molar-refractivity contribution < 1.29 is 14.1 Å². The summed E-state index contributed by atoms with van der Waals surface area (Å²) in [7, 11) is 0. The Kier molecular flexibility index (Phi) is 7.76. The lowest BCUT2D eigenvalue weighted by atomic mass is 10.1. The van der Waals surface area contributed by atoms with Crippen molar-refractivity contribution in [2.75, 3.05) is 12.4 Å². The van der Waals surface area contributed by atoms with E-state index < -0.39 is 28.1 Å². The summed E-state index contributed by atoms with van der Waals surface area (Å²) in [4.78, 5) is 13.3. The molecule has 0 aromatic heterocycles. The summed E-state index contributed by atoms with van der Waals surface area (Å²) in [5.41, 5.74) is 0.761. The SMILES string of the molecule is CCOC(=O)[C@H](N[S+]([O-])C(C)(C)C)c1ccc(SCC)cc1. The van der Waals surface area contributed by atoms with Crippen LogP contribution in [-0.2, 0) is 20.9 Å². The second kappa shape index (κ2) is 8.82. The van der Waals surface area contributed by atoms with E-state index in [0.717, 1.165) is 16.2 Å². The maximum absolute atomic E-state index is 12.3. The van der Waals surface area contributed by atoms with Crippen LogP contribution in [0.25, 0.3) is 0 Å². The standard InChI is InChI=1S/C16H25NO3S2/c1-6-20-15(18)14(17-22(19)16(3,4)5)12-8-10-13(11-9-12)21-7-2/h8-11,14,17H,6-7H2,1-5H3/t14-,22?/m1/s1. The van der Waals surface area contributed by atoms with Gasteiger partial charge in [-0.25, -0.2) is 4.79 Å². The van der Waals surface area contributed by atoms with Crippen molar-refractivity contribution in [3.05, 3.63) is 29.8 Å². The van der Waals surface area contributed by atoms with E-state index in [-0.39, 0.29) is 0 Å². The van der Waals surface area contributed by atoms with E-state index in [1.807, 2.05) is 45.0 Å². The van der Waals surface area contributed by atoms with E-state index in [4.69, 9.17) is 4.74 Å². The number of hydrogen-bond acceptors (Lipinski definition) is 5. The van der Waals surface area contributed by atoms with Gasteiger partial charge in [0, 0.05) is 16.3 Å². The molecule has 22 heavy (non-hydrogen) atoms. The molecule has 1 aromatic rings. The van der Waals surface area contributed by atoms with Crippen LogP contribution in [0.1, 0.15) is 46.2 Å². The average molecular weight is 344 g/mol. The highest BCUT2D eigenvalue weighted by atomic mass is 32.2. The van der Waals surface area contributed by atoms with Gasteiger partial charge in [-0.15, -0.1) is 16.5 Å². The first-order valence-corrected chi connectivity index (χ1v) is 9.50. The first-order chi connectivity index (χ1) is 10.3. The van der Waals surface area contributed by atoms with E-state index in [2.05, 4.69) is 11.6 Å². The van der Waals surface area contributed by atoms with E-state index in [1.165, 1.54) is 0 Å². The normalized spacial score (nSPS) is 14.5. The van der Waals surface area contributed by atoms with Crippen molar-refractivity contribution in [1.29, 1.82) is 0 Å². The number of ether oxygens (including phenoxy) is 1. The van der Waals surface area contributed by atoms with Gasteiger partial charge in [0.1, 0.15) is 4.75 Å². The van der Waals surface area contributed by atoms with Crippen LogP contribution in [0, 0.1) is 0 Å². The summed E-state index contributed by atoms with van der Waals surface area (Å²) in [5, 5.41) is 0. The average Bonchev–Trinajstić information content (AvgIpc) is 2.45. The molecule has 0 saturated heterocycles. The van der Waals surface area contributed by atoms with Crippen LogP contribution in [0.3, 0.4) is 0 Å². The molecular weight excluding hydrogens is 318 g/mol. The summed E-state index contributed by atoms with van der Waals surface area (Å²) >= 11 is 0.379. The molecule has 0 saturated carbocycles. The number of nitrogens with one attached hydrogen (secondary N) is 1. The zero-order valence-corrected chi connectivity index (χ0v) is 15.5. The summed E-state index contributed by atoms with van der Waals surface area (Å²) in [6.45, 7) is 9.73. The third-order valence-electron chi connectivity index (χ3n) is 2.83. The number of carbonyl (C=O) groups is 1. The van der Waals surface area contributed by atoms with E-state index in [0.29, 0.717) is 6.61 Å². The molecule has 4 nitrogen and oxygen atoms in total. The Bertz CT molecular complexity index is 471. The molecule has 0 aliphatic heterocycles. The van der Waals surface area contributed by atoms with Gasteiger partial charge in [0.2, 0.25) is 0 Å². The van der Waals surface area contributed by atoms with Gasteiger partial charge >= 0.3 is 5.97 Å². The van der Waals surface area contributed by atoms with E-state index in [9.17, 15) is 9.35 Å². The number of rotatable bonds is 7. The summed E-state index contributed by atoms with van der Waals surface area (Å²) in [6, 6.07) is 6.98. The number of carbonyl (C=O) groups excluding carboxylic acids is 1. The molecule has 0 fully saturated rings. The monoisotopic (exact) mass is 343 g/mol. The highest BCUT2D eigenvalue weighted by molar-refractivity contribution is 7.99. The Hall–Kier alpha value is -0.690. The van der Waals surface area contributed by atoms with Crippen LogP contribution in [-0.4, -0.2) is 27.6 Å². The first kappa shape index (κ1) is 19.4. The van der Waals surface area contributed by atoms with Gasteiger partial charge in [-0.2, -0.15) is 0 Å². The Morgan fingerprint density at radius 2 is 1.91 bits per heavy atom. The minimum Gasteiger partial charge on any atom is -0.598 e. The fraction of sp³-hybridized carbons (Fsp3) is 0.562. The van der Waals surface area contributed by atoms with Crippen molar-refractivity contribution >= 4 is 29.1 Å². The van der Waals surface area contributed by atoms with Crippen molar-refractivity contribution in [3.63, 3.8) is 0 Å². The van der Waals surface area contributed by atoms with Gasteiger partial charge in [0.05, 0.1) is 6.61 Å². The Labute approximate surface area is 140 Å². The number of hydrogen-bond donors (Lipinski definition) is 1. The molecule has 1 unspecified atom stereocenters. The summed E-state index contributed by atoms with van der Waals surface area (Å²) < 4.78 is 19.9. The first-order valence-electron chi connectivity index (χ1n) is 7.37. The van der Waals surface area contributed by atoms with Gasteiger partial charge in [0.25, 0.3) is 0 Å². The lowest BCUT2D eigenvalue weighted by molar-refractivity contribution is -0.145. The predicted molar refractivity (Wildman–Crippen MR) is 93.2 cm³/mol. The molecule has 1 aromatic carbocycles. The molecule has 124 valence electrons. The van der Waals surface area contributed by atoms with Crippen LogP contribution in [0.4, 0.5) is 0 Å². The molecule has 2 atom stereocenters. The highest BCUT2D eigenvalue weighted by Crippen LogP contribution is 2.24. The Morgan fingerprint density at radius 3 is 2.36 bits per heavy atom. The van der Waals surface area contributed by atoms with Crippen LogP contribution >= 0.6 is 11.8 Å². The van der Waals surface area contributed by atoms with Crippen molar-refractivity contribution in [3.8, 4) is 0 Å². The van der Waals surface area contributed by atoms with Crippen molar-refractivity contribution in [2.45, 2.75) is 50.3 Å². The molecular formula is C16H25NO3S2. The fourth-order valence-corrected chi connectivity index (χ4v) is 3.15. The van der Waals surface area contributed by atoms with E-state index in [1.54, 1.807) is 18.7 Å². The van der Waals surface area contributed by atoms with Gasteiger partial charge in [0.15, 0.2) is 6.04 Å². The van der Waals surface area contributed by atoms with Gasteiger partial charge < -0.3 is 9.29 Å². The van der Waals surface area contributed by atoms with Gasteiger partial charge in [-0.3, -0.25) is 0 Å². The molecule has 1 N–H and O–H groups in total. The molecule has 0 bridgehead atoms. The third kappa shape index (κ3) is 5.83. The molecule has 0 amide bonds. The topological polar surface area (TPSA) is 61.4 Å². The minimum absolute atomic E-state index is 0.295. The zero-order chi connectivity index (χ0) is 16.8. The molecule has 0 aliphatic rings. The van der Waals surface area contributed by atoms with Crippen molar-refractivity contribution in [1.82, 2.24) is 4.72 Å². The summed E-state index contributed by atoms with van der Waals surface area (Å²) in [5.74, 6) is 0.587.